The summed E-state index contributed by atoms with van der Waals surface area (Å²) in [5, 5.41) is 13.4. The van der Waals surface area contributed by atoms with E-state index in [1.165, 1.54) is 24.3 Å². The number of non-ortho nitro benzene ring substituents is 1. The lowest BCUT2D eigenvalue weighted by Gasteiger charge is -2.17. The van der Waals surface area contributed by atoms with Gasteiger partial charge in [-0.3, -0.25) is 19.7 Å². The number of amides is 2. The summed E-state index contributed by atoms with van der Waals surface area (Å²) >= 11 is 1.62. The van der Waals surface area contributed by atoms with E-state index in [1.807, 2.05) is 30.5 Å². The average Bonchev–Trinajstić information content (AvgIpc) is 3.04. The third-order valence-electron chi connectivity index (χ3n) is 4.23. The number of nitrogens with zero attached hydrogens (tertiary/aromatic N) is 2. The lowest BCUT2D eigenvalue weighted by Crippen LogP contribution is -2.28. The largest absolute Gasteiger partial charge is 0.326 e. The van der Waals surface area contributed by atoms with Crippen molar-refractivity contribution in [3.8, 4) is 0 Å². The zero-order valence-corrected chi connectivity index (χ0v) is 14.9. The highest BCUT2D eigenvalue weighted by Crippen LogP contribution is 2.28. The van der Waals surface area contributed by atoms with E-state index in [0.717, 1.165) is 10.6 Å². The van der Waals surface area contributed by atoms with Gasteiger partial charge in [-0.15, -0.1) is 11.8 Å². The van der Waals surface area contributed by atoms with Crippen LogP contribution in [0, 0.1) is 16.0 Å². The molecule has 2 aromatic rings. The Morgan fingerprint density at radius 2 is 1.85 bits per heavy atom. The number of carbonyl (C=O) groups is 2. The summed E-state index contributed by atoms with van der Waals surface area (Å²) in [4.78, 5) is 37.6. The molecule has 0 bridgehead atoms. The van der Waals surface area contributed by atoms with Crippen molar-refractivity contribution in [3.63, 3.8) is 0 Å². The lowest BCUT2D eigenvalue weighted by atomic mass is 10.1. The molecule has 0 saturated carbocycles. The fourth-order valence-corrected chi connectivity index (χ4v) is 3.21. The molecule has 2 amide bonds. The molecule has 1 aliphatic rings. The molecule has 1 saturated heterocycles. The highest BCUT2D eigenvalue weighted by atomic mass is 32.2. The van der Waals surface area contributed by atoms with E-state index in [9.17, 15) is 19.7 Å². The van der Waals surface area contributed by atoms with Crippen LogP contribution in [0.4, 0.5) is 17.1 Å². The van der Waals surface area contributed by atoms with Crippen molar-refractivity contribution >= 4 is 40.6 Å². The van der Waals surface area contributed by atoms with Crippen molar-refractivity contribution < 1.29 is 14.5 Å². The highest BCUT2D eigenvalue weighted by molar-refractivity contribution is 7.98. The van der Waals surface area contributed by atoms with Gasteiger partial charge in [0.05, 0.1) is 10.8 Å². The molecule has 2 aromatic carbocycles. The van der Waals surface area contributed by atoms with Crippen LogP contribution in [0.2, 0.25) is 0 Å². The maximum absolute atomic E-state index is 12.4. The molecular weight excluding hydrogens is 354 g/mol. The molecule has 1 aliphatic heterocycles. The van der Waals surface area contributed by atoms with Crippen LogP contribution in [0.15, 0.2) is 53.4 Å². The van der Waals surface area contributed by atoms with Crippen LogP contribution >= 0.6 is 11.8 Å². The minimum Gasteiger partial charge on any atom is -0.326 e. The van der Waals surface area contributed by atoms with Gasteiger partial charge < -0.3 is 10.2 Å². The number of nitro groups is 1. The van der Waals surface area contributed by atoms with Crippen LogP contribution in [0.5, 0.6) is 0 Å². The summed E-state index contributed by atoms with van der Waals surface area (Å²) < 4.78 is 0. The molecule has 1 atom stereocenters. The predicted molar refractivity (Wildman–Crippen MR) is 100 cm³/mol. The maximum atomic E-state index is 12.4. The lowest BCUT2D eigenvalue weighted by molar-refractivity contribution is -0.384. The summed E-state index contributed by atoms with van der Waals surface area (Å²) in [5.74, 6) is -0.820. The molecule has 1 unspecified atom stereocenters. The van der Waals surface area contributed by atoms with E-state index < -0.39 is 10.8 Å². The number of thioether (sulfide) groups is 1. The number of carbonyl (C=O) groups excluding carboxylic acids is 2. The minimum absolute atomic E-state index is 0.0427. The van der Waals surface area contributed by atoms with Gasteiger partial charge in [-0.1, -0.05) is 0 Å². The van der Waals surface area contributed by atoms with Crippen molar-refractivity contribution in [2.24, 2.45) is 5.92 Å². The van der Waals surface area contributed by atoms with E-state index in [1.54, 1.807) is 16.7 Å². The van der Waals surface area contributed by atoms with Crippen LogP contribution in [-0.2, 0) is 9.59 Å². The van der Waals surface area contributed by atoms with Crippen molar-refractivity contribution in [2.75, 3.05) is 23.0 Å². The Bertz CT molecular complexity index is 837. The highest BCUT2D eigenvalue weighted by Gasteiger charge is 2.35. The van der Waals surface area contributed by atoms with Gasteiger partial charge in [0.15, 0.2) is 0 Å². The van der Waals surface area contributed by atoms with E-state index in [4.69, 9.17) is 0 Å². The summed E-state index contributed by atoms with van der Waals surface area (Å²) in [6, 6.07) is 13.2. The third kappa shape index (κ3) is 3.85. The van der Waals surface area contributed by atoms with Gasteiger partial charge in [0.2, 0.25) is 11.8 Å². The van der Waals surface area contributed by atoms with Crippen molar-refractivity contribution in [3.05, 3.63) is 58.6 Å². The van der Waals surface area contributed by atoms with E-state index in [0.29, 0.717) is 12.2 Å². The van der Waals surface area contributed by atoms with E-state index in [-0.39, 0.29) is 23.9 Å². The molecule has 8 heteroatoms. The Morgan fingerprint density at radius 3 is 2.42 bits per heavy atom. The third-order valence-corrected chi connectivity index (χ3v) is 4.97. The molecule has 134 valence electrons. The Kier molecular flexibility index (Phi) is 5.22. The monoisotopic (exact) mass is 371 g/mol. The molecule has 0 aliphatic carbocycles. The Labute approximate surface area is 154 Å². The van der Waals surface area contributed by atoms with Gasteiger partial charge in [-0.25, -0.2) is 0 Å². The second-order valence-corrected chi connectivity index (χ2v) is 6.78. The number of hydrogen-bond acceptors (Lipinski definition) is 5. The average molecular weight is 371 g/mol. The number of nitro benzene ring substituents is 1. The minimum atomic E-state index is -0.499. The molecule has 7 nitrogen and oxygen atoms in total. The first kappa shape index (κ1) is 17.9. The first-order chi connectivity index (χ1) is 12.5. The Balaban J connectivity index is 1.65. The summed E-state index contributed by atoms with van der Waals surface area (Å²) in [7, 11) is 0. The van der Waals surface area contributed by atoms with Crippen LogP contribution in [0.25, 0.3) is 0 Å². The number of anilines is 2. The van der Waals surface area contributed by atoms with Gasteiger partial charge in [-0.2, -0.15) is 0 Å². The SMILES string of the molecule is CSc1ccc(N2CC(C(=O)Nc3ccc([N+](=O)[O-])cc3)CC2=O)cc1. The van der Waals surface area contributed by atoms with Crippen molar-refractivity contribution in [1.82, 2.24) is 0 Å². The van der Waals surface area contributed by atoms with Gasteiger partial charge in [-0.05, 0) is 42.7 Å². The first-order valence-corrected chi connectivity index (χ1v) is 9.20. The maximum Gasteiger partial charge on any atom is 0.269 e. The molecule has 3 rings (SSSR count). The van der Waals surface area contributed by atoms with Crippen molar-refractivity contribution in [1.29, 1.82) is 0 Å². The van der Waals surface area contributed by atoms with Crippen LogP contribution in [0.3, 0.4) is 0 Å². The summed E-state index contributed by atoms with van der Waals surface area (Å²) in [6.45, 7) is 0.316. The van der Waals surface area contributed by atoms with Crippen molar-refractivity contribution in [2.45, 2.75) is 11.3 Å². The zero-order valence-electron chi connectivity index (χ0n) is 14.0. The van der Waals surface area contributed by atoms with Crippen LogP contribution in [-0.4, -0.2) is 29.5 Å². The Hall–Kier alpha value is -2.87. The topological polar surface area (TPSA) is 92.6 Å². The number of nitrogens with one attached hydrogen (secondary N) is 1. The summed E-state index contributed by atoms with van der Waals surface area (Å²) in [5.41, 5.74) is 1.20. The molecule has 1 heterocycles. The molecule has 1 fully saturated rings. The first-order valence-electron chi connectivity index (χ1n) is 7.97. The smallest absolute Gasteiger partial charge is 0.269 e. The Morgan fingerprint density at radius 1 is 1.19 bits per heavy atom. The quantitative estimate of drug-likeness (QED) is 0.494. The van der Waals surface area contributed by atoms with Gasteiger partial charge in [0, 0.05) is 41.4 Å². The second-order valence-electron chi connectivity index (χ2n) is 5.90. The second kappa shape index (κ2) is 7.57. The summed E-state index contributed by atoms with van der Waals surface area (Å²) in [6.07, 6.45) is 2.12. The van der Waals surface area contributed by atoms with Gasteiger partial charge in [0.1, 0.15) is 0 Å². The van der Waals surface area contributed by atoms with Gasteiger partial charge >= 0.3 is 0 Å². The number of benzene rings is 2. The fourth-order valence-electron chi connectivity index (χ4n) is 2.81. The number of rotatable bonds is 5. The molecule has 0 spiro atoms. The van der Waals surface area contributed by atoms with E-state index >= 15 is 0 Å². The molecule has 0 aromatic heterocycles. The molecule has 0 radical (unpaired) electrons. The normalized spacial score (nSPS) is 16.6. The molecular formula is C18H17N3O4S. The molecule has 26 heavy (non-hydrogen) atoms. The van der Waals surface area contributed by atoms with Gasteiger partial charge in [0.25, 0.3) is 5.69 Å². The standard InChI is InChI=1S/C18H17N3O4S/c1-26-16-8-6-14(7-9-16)20-11-12(10-17(20)22)18(23)19-13-2-4-15(5-3-13)21(24)25/h2-9,12H,10-11H2,1H3,(H,19,23). The predicted octanol–water partition coefficient (Wildman–Crippen LogP) is 3.31. The van der Waals surface area contributed by atoms with Crippen LogP contribution < -0.4 is 10.2 Å². The number of hydrogen-bond donors (Lipinski definition) is 1. The fraction of sp³-hybridized carbons (Fsp3) is 0.222. The zero-order chi connectivity index (χ0) is 18.7. The van der Waals surface area contributed by atoms with E-state index in [2.05, 4.69) is 5.32 Å². The molecule has 1 N–H and O–H groups in total. The van der Waals surface area contributed by atoms with Crippen LogP contribution in [0.1, 0.15) is 6.42 Å².